The quantitative estimate of drug-likeness (QED) is 0.0845. The number of sulfonamides is 2. The standard InChI is InChI=1S/C14H9ClN2O3S.C7H5Cl2NO3S.C7H4N.CH2Cl2.Al.3ClH/c15-12-6-5-11(7-13(12)21(17,19)20)14(18)10-3-1-9(8-16)2-4-10;8-5-2-1-4(7(9)11)3-6(5)14(10,12)13;8-6-7-4-2-1-3-5-7;2-1-3;;;;/h1-7H,(H2,17,19,20);1-3H,(H2,10,12,13);1-2,4-5H;1H2;;3*1H/q;;+1;;+3;;;/p-3. The number of halogens is 8. The second kappa shape index (κ2) is 24.1. The van der Waals surface area contributed by atoms with E-state index in [2.05, 4.69) is 6.08 Å². The molecule has 10 nitrogen and oxygen atoms in total. The van der Waals surface area contributed by atoms with Gasteiger partial charge in [-0.3, -0.25) is 9.59 Å². The summed E-state index contributed by atoms with van der Waals surface area (Å²) in [5, 5.41) is 26.2. The number of carbonyl (C=O) groups excluding carboxylic acids is 2. The van der Waals surface area contributed by atoms with Crippen LogP contribution in [0.25, 0.3) is 0 Å². The fourth-order valence-corrected chi connectivity index (χ4v) is 5.29. The molecule has 0 saturated carbocycles. The molecule has 0 saturated heterocycles. The fourth-order valence-electron chi connectivity index (χ4n) is 3.03. The summed E-state index contributed by atoms with van der Waals surface area (Å²) in [5.74, 6) is -0.388. The Morgan fingerprint density at radius 3 is 1.52 bits per heavy atom. The third-order valence-corrected chi connectivity index (χ3v) is 8.08. The number of hydrogen-bond acceptors (Lipinski definition) is 8. The SMILES string of the molecule is ClCCl.N#CC1=CC=C[C+]=C1.N#Cc1ccc(C(=O)c2ccc(Cl)c(S(N)(=O)=O)c2)cc1.NS(=O)(=O)c1cc(C(=O)Cl)ccc1Cl.[Cl][Al]([Cl])[Cl]. The van der Waals surface area contributed by atoms with Gasteiger partial charge in [0.1, 0.15) is 21.9 Å². The Bertz CT molecular complexity index is 2050. The van der Waals surface area contributed by atoms with Gasteiger partial charge in [0, 0.05) is 28.8 Å². The first-order chi connectivity index (χ1) is 23.2. The largest absolute Gasteiger partial charge is 0.643 e. The monoisotopic (exact) mass is 891 g/mol. The summed E-state index contributed by atoms with van der Waals surface area (Å²) in [6.45, 7) is 0. The van der Waals surface area contributed by atoms with Crippen LogP contribution in [0.5, 0.6) is 0 Å². The van der Waals surface area contributed by atoms with E-state index in [1.54, 1.807) is 24.3 Å². The Morgan fingerprint density at radius 2 is 1.18 bits per heavy atom. The van der Waals surface area contributed by atoms with Crippen molar-refractivity contribution in [3.63, 3.8) is 0 Å². The molecular formula is C29H20AlCl8N4O6S2+. The molecule has 3 aromatic rings. The number of alkyl halides is 2. The number of benzene rings is 3. The average Bonchev–Trinajstić information content (AvgIpc) is 3.05. The zero-order valence-electron chi connectivity index (χ0n) is 24.7. The van der Waals surface area contributed by atoms with Crippen LogP contribution in [0.4, 0.5) is 0 Å². The molecule has 0 unspecified atom stereocenters. The molecule has 50 heavy (non-hydrogen) atoms. The maximum absolute atomic E-state index is 12.3. The molecule has 21 heteroatoms. The predicted molar refractivity (Wildman–Crippen MR) is 201 cm³/mol. The first-order valence-electron chi connectivity index (χ1n) is 12.5. The van der Waals surface area contributed by atoms with Gasteiger partial charge in [0.2, 0.25) is 20.0 Å². The van der Waals surface area contributed by atoms with Gasteiger partial charge < -0.3 is 0 Å². The third kappa shape index (κ3) is 18.9. The van der Waals surface area contributed by atoms with Crippen molar-refractivity contribution in [1.29, 1.82) is 10.5 Å². The molecule has 4 N–H and O–H groups in total. The lowest BCUT2D eigenvalue weighted by molar-refractivity contribution is 0.103. The van der Waals surface area contributed by atoms with Gasteiger partial charge in [0.05, 0.1) is 33.1 Å². The molecule has 0 aromatic heterocycles. The summed E-state index contributed by atoms with van der Waals surface area (Å²) < 4.78 is 44.7. The molecule has 0 spiro atoms. The molecule has 0 fully saturated rings. The topological polar surface area (TPSA) is 202 Å². The summed E-state index contributed by atoms with van der Waals surface area (Å²) in [6, 6.07) is 17.4. The van der Waals surface area contributed by atoms with Crippen molar-refractivity contribution in [2.45, 2.75) is 9.79 Å². The molecule has 4 rings (SSSR count). The van der Waals surface area contributed by atoms with Gasteiger partial charge in [0.15, 0.2) is 17.4 Å². The van der Waals surface area contributed by atoms with E-state index >= 15 is 0 Å². The van der Waals surface area contributed by atoms with Crippen LogP contribution in [0.1, 0.15) is 31.8 Å². The van der Waals surface area contributed by atoms with Crippen LogP contribution in [-0.2, 0) is 20.0 Å². The van der Waals surface area contributed by atoms with Crippen molar-refractivity contribution >= 4 is 131 Å². The molecule has 0 aliphatic heterocycles. The molecule has 3 aromatic carbocycles. The zero-order valence-corrected chi connectivity index (χ0v) is 33.5. The number of allylic oxidation sites excluding steroid dienone is 6. The van der Waals surface area contributed by atoms with Crippen LogP contribution in [0.15, 0.2) is 100 Å². The highest BCUT2D eigenvalue weighted by atomic mass is 35.8. The van der Waals surface area contributed by atoms with E-state index in [0.717, 1.165) is 12.1 Å². The molecule has 0 atom stereocenters. The van der Waals surface area contributed by atoms with Crippen molar-refractivity contribution in [1.82, 2.24) is 0 Å². The van der Waals surface area contributed by atoms with Gasteiger partial charge >= 0.3 is 11.4 Å². The highest BCUT2D eigenvalue weighted by molar-refractivity contribution is 7.89. The fraction of sp³-hybridized carbons (Fsp3) is 0.0345. The normalized spacial score (nSPS) is 10.9. The number of primary sulfonamides is 2. The van der Waals surface area contributed by atoms with Crippen molar-refractivity contribution < 1.29 is 26.4 Å². The van der Waals surface area contributed by atoms with Crippen LogP contribution in [0.3, 0.4) is 0 Å². The number of carbonyl (C=O) groups is 2. The summed E-state index contributed by atoms with van der Waals surface area (Å²) in [4.78, 5) is 22.4. The average molecular weight is 895 g/mol. The Balaban J connectivity index is 0.000000708. The minimum Gasteiger partial charge on any atom is -0.289 e. The molecule has 0 amide bonds. The van der Waals surface area contributed by atoms with Gasteiger partial charge in [-0.1, -0.05) is 23.2 Å². The predicted octanol–water partition coefficient (Wildman–Crippen LogP) is 7.93. The Labute approximate surface area is 331 Å². The molecule has 1 aliphatic carbocycles. The van der Waals surface area contributed by atoms with E-state index in [1.165, 1.54) is 48.5 Å². The van der Waals surface area contributed by atoms with Crippen molar-refractivity contribution in [3.05, 3.63) is 129 Å². The van der Waals surface area contributed by atoms with E-state index in [4.69, 9.17) is 109 Å². The number of nitrogens with zero attached hydrogens (tertiary/aromatic N) is 2. The van der Waals surface area contributed by atoms with Gasteiger partial charge in [0.25, 0.3) is 5.24 Å². The van der Waals surface area contributed by atoms with Crippen molar-refractivity contribution in [3.8, 4) is 12.1 Å². The lowest BCUT2D eigenvalue weighted by Gasteiger charge is -2.05. The maximum atomic E-state index is 12.3. The first kappa shape index (κ1) is 47.8. The molecule has 0 bridgehead atoms. The summed E-state index contributed by atoms with van der Waals surface area (Å²) >= 11 is 24.3. The van der Waals surface area contributed by atoms with E-state index < -0.39 is 36.7 Å². The van der Waals surface area contributed by atoms with E-state index in [9.17, 15) is 26.4 Å². The Hall–Kier alpha value is -2.22. The van der Waals surface area contributed by atoms with Crippen LogP contribution < -0.4 is 10.3 Å². The van der Waals surface area contributed by atoms with E-state index in [0.29, 0.717) is 16.7 Å². The number of nitrogens with two attached hydrogens (primary N) is 2. The first-order valence-corrected chi connectivity index (χ1v) is 23.1. The lowest BCUT2D eigenvalue weighted by Crippen LogP contribution is -2.14. The minimum absolute atomic E-state index is 0.0279. The summed E-state index contributed by atoms with van der Waals surface area (Å²) in [7, 11) is 6.89. The van der Waals surface area contributed by atoms with Crippen molar-refractivity contribution in [2.75, 3.05) is 5.34 Å². The van der Waals surface area contributed by atoms with Crippen LogP contribution in [-0.4, -0.2) is 44.6 Å². The maximum Gasteiger partial charge on any atom is 0.643 e. The molecule has 262 valence electrons. The van der Waals surface area contributed by atoms with Gasteiger partial charge in [-0.15, -0.1) is 23.2 Å². The Kier molecular flexibility index (Phi) is 23.0. The zero-order chi connectivity index (χ0) is 38.7. The van der Waals surface area contributed by atoms with Crippen LogP contribution >= 0.6 is 88.2 Å². The van der Waals surface area contributed by atoms with Gasteiger partial charge in [-0.2, -0.15) is 10.5 Å². The molecule has 1 aliphatic rings. The Morgan fingerprint density at radius 1 is 0.760 bits per heavy atom. The van der Waals surface area contributed by atoms with Crippen molar-refractivity contribution in [2.24, 2.45) is 10.3 Å². The molecule has 0 heterocycles. The lowest BCUT2D eigenvalue weighted by atomic mass is 10.0. The molecule has 0 radical (unpaired) electrons. The highest BCUT2D eigenvalue weighted by Gasteiger charge is 2.18. The summed E-state index contributed by atoms with van der Waals surface area (Å²) in [6.07, 6.45) is 9.74. The second-order valence-electron chi connectivity index (χ2n) is 8.42. The van der Waals surface area contributed by atoms with Gasteiger partial charge in [-0.25, -0.2) is 57.3 Å². The number of nitriles is 2. The van der Waals surface area contributed by atoms with Crippen LogP contribution in [0, 0.1) is 28.7 Å². The number of ketones is 1. The molecular weight excluding hydrogens is 875 g/mol. The third-order valence-electron chi connectivity index (χ3n) is 5.08. The van der Waals surface area contributed by atoms with Gasteiger partial charge in [-0.05, 0) is 72.3 Å². The van der Waals surface area contributed by atoms with E-state index in [1.807, 2.05) is 12.1 Å². The number of hydrogen-bond donors (Lipinski definition) is 2. The highest BCUT2D eigenvalue weighted by Crippen LogP contribution is 2.24. The minimum atomic E-state index is -4.01. The number of rotatable bonds is 5. The van der Waals surface area contributed by atoms with E-state index in [-0.39, 0.29) is 42.1 Å². The smallest absolute Gasteiger partial charge is 0.289 e. The summed E-state index contributed by atoms with van der Waals surface area (Å²) in [5.41, 5.74) is 1.59. The van der Waals surface area contributed by atoms with Crippen LogP contribution in [0.2, 0.25) is 10.0 Å². The second-order valence-corrected chi connectivity index (χ2v) is 19.9.